The Hall–Kier alpha value is -1.39. The number of halogens is 1. The van der Waals surface area contributed by atoms with E-state index in [4.69, 9.17) is 4.74 Å². The van der Waals surface area contributed by atoms with E-state index >= 15 is 0 Å². The molecule has 2 aromatic rings. The number of aromatic nitrogens is 1. The maximum absolute atomic E-state index is 5.44. The lowest BCUT2D eigenvalue weighted by molar-refractivity contribution is 0.400. The Bertz CT molecular complexity index is 566. The number of hydrogen-bond donors (Lipinski definition) is 1. The van der Waals surface area contributed by atoms with Crippen molar-refractivity contribution in [3.05, 3.63) is 57.8 Å². The van der Waals surface area contributed by atoms with Gasteiger partial charge in [0.15, 0.2) is 0 Å². The maximum Gasteiger partial charge on any atom is 0.142 e. The molecule has 1 aromatic heterocycles. The number of aryl methyl sites for hydroxylation is 1. The predicted octanol–water partition coefficient (Wildman–Crippen LogP) is 3.86. The van der Waals surface area contributed by atoms with Gasteiger partial charge in [0.25, 0.3) is 0 Å². The van der Waals surface area contributed by atoms with Gasteiger partial charge in [0.1, 0.15) is 11.4 Å². The van der Waals surface area contributed by atoms with Gasteiger partial charge in [0.05, 0.1) is 13.2 Å². The average Bonchev–Trinajstić information content (AvgIpc) is 2.43. The summed E-state index contributed by atoms with van der Waals surface area (Å²) in [5.74, 6) is 0.802. The minimum absolute atomic E-state index is 0.0207. The van der Waals surface area contributed by atoms with E-state index in [9.17, 15) is 0 Å². The highest BCUT2D eigenvalue weighted by atomic mass is 79.9. The number of methoxy groups -OCH3 is 1. The van der Waals surface area contributed by atoms with E-state index in [2.05, 4.69) is 58.3 Å². The van der Waals surface area contributed by atoms with Crippen LogP contribution >= 0.6 is 15.9 Å². The van der Waals surface area contributed by atoms with Gasteiger partial charge < -0.3 is 10.1 Å². The van der Waals surface area contributed by atoms with Crippen LogP contribution in [0, 0.1) is 6.92 Å². The molecule has 1 unspecified atom stereocenters. The molecule has 0 saturated carbocycles. The van der Waals surface area contributed by atoms with Crippen LogP contribution in [0.1, 0.15) is 29.8 Å². The first-order valence-corrected chi connectivity index (χ1v) is 7.44. The number of nitrogens with one attached hydrogen (secondary N) is 1. The summed E-state index contributed by atoms with van der Waals surface area (Å²) in [5.41, 5.74) is 3.30. The van der Waals surface area contributed by atoms with Gasteiger partial charge in [-0.3, -0.25) is 4.98 Å². The van der Waals surface area contributed by atoms with Crippen molar-refractivity contribution in [1.82, 2.24) is 10.3 Å². The molecule has 0 aliphatic heterocycles. The van der Waals surface area contributed by atoms with Crippen molar-refractivity contribution in [2.45, 2.75) is 19.9 Å². The van der Waals surface area contributed by atoms with Crippen molar-refractivity contribution in [3.8, 4) is 5.75 Å². The molecule has 4 heteroatoms. The molecule has 0 bridgehead atoms. The standard InChI is InChI=1S/C16H19BrN2O/c1-4-18-15(12-8-11(2)9-13(17)10-12)16-14(20-3)6-5-7-19-16/h5-10,15,18H,4H2,1-3H3. The summed E-state index contributed by atoms with van der Waals surface area (Å²) < 4.78 is 6.51. The number of nitrogens with zero attached hydrogens (tertiary/aromatic N) is 1. The van der Waals surface area contributed by atoms with E-state index in [1.54, 1.807) is 13.3 Å². The van der Waals surface area contributed by atoms with Gasteiger partial charge in [-0.1, -0.05) is 28.9 Å². The van der Waals surface area contributed by atoms with Crippen LogP contribution in [0.2, 0.25) is 0 Å². The molecule has 0 saturated heterocycles. The quantitative estimate of drug-likeness (QED) is 0.901. The zero-order chi connectivity index (χ0) is 14.5. The van der Waals surface area contributed by atoms with Gasteiger partial charge in [0, 0.05) is 10.7 Å². The van der Waals surface area contributed by atoms with Gasteiger partial charge >= 0.3 is 0 Å². The van der Waals surface area contributed by atoms with Crippen LogP contribution in [-0.2, 0) is 0 Å². The summed E-state index contributed by atoms with van der Waals surface area (Å²) in [4.78, 5) is 4.50. The molecule has 3 nitrogen and oxygen atoms in total. The highest BCUT2D eigenvalue weighted by molar-refractivity contribution is 9.10. The summed E-state index contributed by atoms with van der Waals surface area (Å²) in [7, 11) is 1.68. The van der Waals surface area contributed by atoms with Crippen LogP contribution < -0.4 is 10.1 Å². The van der Waals surface area contributed by atoms with Crippen LogP contribution in [-0.4, -0.2) is 18.6 Å². The SMILES string of the molecule is CCNC(c1cc(C)cc(Br)c1)c1ncccc1OC. The third-order valence-electron chi connectivity index (χ3n) is 3.10. The Morgan fingerprint density at radius 3 is 2.80 bits per heavy atom. The molecule has 0 fully saturated rings. The summed E-state index contributed by atoms with van der Waals surface area (Å²) in [6, 6.07) is 10.2. The molecular weight excluding hydrogens is 316 g/mol. The highest BCUT2D eigenvalue weighted by Crippen LogP contribution is 2.30. The smallest absolute Gasteiger partial charge is 0.142 e. The van der Waals surface area contributed by atoms with Gasteiger partial charge in [0.2, 0.25) is 0 Å². The Morgan fingerprint density at radius 2 is 2.15 bits per heavy atom. The van der Waals surface area contributed by atoms with Crippen molar-refractivity contribution in [2.75, 3.05) is 13.7 Å². The lowest BCUT2D eigenvalue weighted by atomic mass is 10.0. The molecule has 1 aromatic carbocycles. The lowest BCUT2D eigenvalue weighted by Crippen LogP contribution is -2.23. The number of ether oxygens (including phenoxy) is 1. The molecule has 20 heavy (non-hydrogen) atoms. The Kier molecular flexibility index (Phi) is 5.15. The molecular formula is C16H19BrN2O. The zero-order valence-electron chi connectivity index (χ0n) is 12.0. The molecule has 2 rings (SSSR count). The monoisotopic (exact) mass is 334 g/mol. The van der Waals surface area contributed by atoms with Gasteiger partial charge in [-0.2, -0.15) is 0 Å². The summed E-state index contributed by atoms with van der Waals surface area (Å²) in [6.45, 7) is 5.04. The first kappa shape index (κ1) is 15.0. The second-order valence-corrected chi connectivity index (χ2v) is 5.56. The van der Waals surface area contributed by atoms with Crippen molar-refractivity contribution < 1.29 is 4.74 Å². The number of benzene rings is 1. The third kappa shape index (κ3) is 3.38. The van der Waals surface area contributed by atoms with Crippen molar-refractivity contribution in [3.63, 3.8) is 0 Å². The minimum Gasteiger partial charge on any atom is -0.495 e. The fourth-order valence-corrected chi connectivity index (χ4v) is 2.93. The van der Waals surface area contributed by atoms with E-state index in [0.717, 1.165) is 22.5 Å². The average molecular weight is 335 g/mol. The predicted molar refractivity (Wildman–Crippen MR) is 85.2 cm³/mol. The topological polar surface area (TPSA) is 34.2 Å². The minimum atomic E-state index is 0.0207. The van der Waals surface area contributed by atoms with Crippen LogP contribution in [0.3, 0.4) is 0 Å². The molecule has 106 valence electrons. The second-order valence-electron chi connectivity index (χ2n) is 4.64. The van der Waals surface area contributed by atoms with Crippen molar-refractivity contribution in [1.29, 1.82) is 0 Å². The van der Waals surface area contributed by atoms with Gasteiger partial charge in [-0.05, 0) is 48.9 Å². The number of pyridine rings is 1. The Labute approximate surface area is 128 Å². The normalized spacial score (nSPS) is 12.2. The summed E-state index contributed by atoms with van der Waals surface area (Å²) in [6.07, 6.45) is 1.80. The largest absolute Gasteiger partial charge is 0.495 e. The fraction of sp³-hybridized carbons (Fsp3) is 0.312. The zero-order valence-corrected chi connectivity index (χ0v) is 13.6. The van der Waals surface area contributed by atoms with E-state index in [0.29, 0.717) is 0 Å². The van der Waals surface area contributed by atoms with E-state index < -0.39 is 0 Å². The molecule has 0 radical (unpaired) electrons. The van der Waals surface area contributed by atoms with Crippen molar-refractivity contribution in [2.24, 2.45) is 0 Å². The lowest BCUT2D eigenvalue weighted by Gasteiger charge is -2.20. The number of hydrogen-bond acceptors (Lipinski definition) is 3. The molecule has 0 amide bonds. The summed E-state index contributed by atoms with van der Waals surface area (Å²) in [5, 5.41) is 3.48. The van der Waals surface area contributed by atoms with E-state index in [1.807, 2.05) is 12.1 Å². The maximum atomic E-state index is 5.44. The van der Waals surface area contributed by atoms with Gasteiger partial charge in [-0.15, -0.1) is 0 Å². The van der Waals surface area contributed by atoms with E-state index in [-0.39, 0.29) is 6.04 Å². The Morgan fingerprint density at radius 1 is 1.35 bits per heavy atom. The second kappa shape index (κ2) is 6.86. The molecule has 1 N–H and O–H groups in total. The third-order valence-corrected chi connectivity index (χ3v) is 3.56. The molecule has 0 aliphatic rings. The van der Waals surface area contributed by atoms with Gasteiger partial charge in [-0.25, -0.2) is 0 Å². The molecule has 0 aliphatic carbocycles. The molecule has 1 heterocycles. The number of rotatable bonds is 5. The Balaban J connectivity index is 2.50. The van der Waals surface area contributed by atoms with Crippen LogP contribution in [0.5, 0.6) is 5.75 Å². The first-order chi connectivity index (χ1) is 9.65. The fourth-order valence-electron chi connectivity index (χ4n) is 2.30. The van der Waals surface area contributed by atoms with Crippen LogP contribution in [0.15, 0.2) is 41.0 Å². The highest BCUT2D eigenvalue weighted by Gasteiger charge is 2.19. The molecule has 1 atom stereocenters. The van der Waals surface area contributed by atoms with Crippen LogP contribution in [0.4, 0.5) is 0 Å². The van der Waals surface area contributed by atoms with Crippen LogP contribution in [0.25, 0.3) is 0 Å². The molecule has 0 spiro atoms. The first-order valence-electron chi connectivity index (χ1n) is 6.65. The van der Waals surface area contributed by atoms with E-state index in [1.165, 1.54) is 11.1 Å². The van der Waals surface area contributed by atoms with Crippen molar-refractivity contribution >= 4 is 15.9 Å². The summed E-state index contributed by atoms with van der Waals surface area (Å²) >= 11 is 3.56.